The van der Waals surface area contributed by atoms with Crippen LogP contribution in [0, 0.1) is 0 Å². The molecule has 31 heavy (non-hydrogen) atoms. The van der Waals surface area contributed by atoms with Crippen LogP contribution >= 0.6 is 22.9 Å². The molecule has 0 spiro atoms. The number of methoxy groups -OCH3 is 2. The van der Waals surface area contributed by atoms with E-state index in [0.29, 0.717) is 32.0 Å². The molecule has 160 valence electrons. The summed E-state index contributed by atoms with van der Waals surface area (Å²) in [5, 5.41) is 11.4. The Labute approximate surface area is 188 Å². The SMILES string of the molecule is COc1ccc(CN2C(=O)C(O)(CC(=O)c3ccc(Cl)s3)c3ccccc32)cc1OC. The number of nitrogens with zero attached hydrogens (tertiary/aromatic N) is 1. The second kappa shape index (κ2) is 8.34. The van der Waals surface area contributed by atoms with Gasteiger partial charge in [-0.3, -0.25) is 9.59 Å². The number of anilines is 1. The van der Waals surface area contributed by atoms with Crippen LogP contribution in [0.25, 0.3) is 0 Å². The smallest absolute Gasteiger partial charge is 0.264 e. The molecule has 2 aromatic carbocycles. The number of carbonyl (C=O) groups is 2. The highest BCUT2D eigenvalue weighted by molar-refractivity contribution is 7.18. The molecule has 6 nitrogen and oxygen atoms in total. The number of thiophene rings is 1. The van der Waals surface area contributed by atoms with Crippen LogP contribution in [0.1, 0.15) is 27.2 Å². The summed E-state index contributed by atoms with van der Waals surface area (Å²) < 4.78 is 11.1. The minimum absolute atomic E-state index is 0.206. The lowest BCUT2D eigenvalue weighted by atomic mass is 9.89. The second-order valence-corrected chi connectivity index (χ2v) is 8.88. The van der Waals surface area contributed by atoms with E-state index in [1.54, 1.807) is 62.8 Å². The van der Waals surface area contributed by atoms with Crippen molar-refractivity contribution >= 4 is 40.3 Å². The van der Waals surface area contributed by atoms with Crippen LogP contribution in [0.3, 0.4) is 0 Å². The third kappa shape index (κ3) is 3.80. The van der Waals surface area contributed by atoms with Crippen molar-refractivity contribution < 1.29 is 24.2 Å². The van der Waals surface area contributed by atoms with Gasteiger partial charge in [0.25, 0.3) is 5.91 Å². The molecule has 1 atom stereocenters. The maximum atomic E-state index is 13.4. The summed E-state index contributed by atoms with van der Waals surface area (Å²) in [6.07, 6.45) is -0.359. The monoisotopic (exact) mass is 457 g/mol. The molecule has 0 saturated carbocycles. The van der Waals surface area contributed by atoms with Crippen molar-refractivity contribution in [3.8, 4) is 11.5 Å². The number of rotatable bonds is 7. The lowest BCUT2D eigenvalue weighted by Gasteiger charge is -2.23. The predicted octanol–water partition coefficient (Wildman–Crippen LogP) is 4.43. The zero-order chi connectivity index (χ0) is 22.2. The summed E-state index contributed by atoms with van der Waals surface area (Å²) in [6.45, 7) is 0.206. The Balaban J connectivity index is 1.67. The number of carbonyl (C=O) groups excluding carboxylic acids is 2. The highest BCUT2D eigenvalue weighted by Crippen LogP contribution is 2.44. The number of amides is 1. The molecule has 1 aromatic heterocycles. The fourth-order valence-corrected chi connectivity index (χ4v) is 4.76. The van der Waals surface area contributed by atoms with Crippen molar-refractivity contribution in [1.82, 2.24) is 0 Å². The summed E-state index contributed by atoms with van der Waals surface area (Å²) in [5.74, 6) is 0.242. The molecule has 0 aliphatic carbocycles. The zero-order valence-electron chi connectivity index (χ0n) is 16.9. The first-order valence-electron chi connectivity index (χ1n) is 9.50. The van der Waals surface area contributed by atoms with Crippen molar-refractivity contribution in [2.24, 2.45) is 0 Å². The Morgan fingerprint density at radius 2 is 1.84 bits per heavy atom. The van der Waals surface area contributed by atoms with Crippen molar-refractivity contribution in [3.63, 3.8) is 0 Å². The normalized spacial score (nSPS) is 17.5. The first-order chi connectivity index (χ1) is 14.9. The van der Waals surface area contributed by atoms with Gasteiger partial charge in [0, 0.05) is 5.56 Å². The first-order valence-corrected chi connectivity index (χ1v) is 10.7. The molecule has 8 heteroatoms. The number of Topliss-reactive ketones (excluding diaryl/α,β-unsaturated/α-hetero) is 1. The number of hydrogen-bond donors (Lipinski definition) is 1. The van der Waals surface area contributed by atoms with Crippen molar-refractivity contribution in [3.05, 3.63) is 74.9 Å². The summed E-state index contributed by atoms with van der Waals surface area (Å²) >= 11 is 7.06. The number of halogens is 1. The van der Waals surface area contributed by atoms with Crippen LogP contribution in [0.15, 0.2) is 54.6 Å². The fraction of sp³-hybridized carbons (Fsp3) is 0.217. The Morgan fingerprint density at radius 3 is 2.52 bits per heavy atom. The largest absolute Gasteiger partial charge is 0.493 e. The molecule has 1 unspecified atom stereocenters. The number of aliphatic hydroxyl groups is 1. The third-order valence-corrected chi connectivity index (χ3v) is 6.56. The van der Waals surface area contributed by atoms with E-state index in [2.05, 4.69) is 0 Å². The summed E-state index contributed by atoms with van der Waals surface area (Å²) in [6, 6.07) is 15.6. The Bertz CT molecular complexity index is 1160. The van der Waals surface area contributed by atoms with Gasteiger partial charge in [-0.2, -0.15) is 0 Å². The molecular weight excluding hydrogens is 438 g/mol. The first kappa shape index (κ1) is 21.4. The van der Waals surface area contributed by atoms with Crippen LogP contribution in [0.2, 0.25) is 4.34 Å². The maximum Gasteiger partial charge on any atom is 0.264 e. The number of ketones is 1. The Hall–Kier alpha value is -2.87. The minimum Gasteiger partial charge on any atom is -0.493 e. The van der Waals surface area contributed by atoms with Crippen LogP contribution in [0.5, 0.6) is 11.5 Å². The van der Waals surface area contributed by atoms with Gasteiger partial charge in [-0.1, -0.05) is 35.9 Å². The van der Waals surface area contributed by atoms with Gasteiger partial charge in [0.05, 0.1) is 42.1 Å². The molecule has 0 saturated heterocycles. The van der Waals surface area contributed by atoms with Gasteiger partial charge >= 0.3 is 0 Å². The van der Waals surface area contributed by atoms with E-state index in [4.69, 9.17) is 21.1 Å². The molecule has 1 aliphatic rings. The number of hydrogen-bond acceptors (Lipinski definition) is 6. The lowest BCUT2D eigenvalue weighted by molar-refractivity contribution is -0.136. The predicted molar refractivity (Wildman–Crippen MR) is 119 cm³/mol. The molecular formula is C23H20ClNO5S. The summed E-state index contributed by atoms with van der Waals surface area (Å²) in [7, 11) is 3.09. The molecule has 0 bridgehead atoms. The number of fused-ring (bicyclic) bond motifs is 1. The van der Waals surface area contributed by atoms with Crippen LogP contribution in [-0.2, 0) is 16.9 Å². The highest BCUT2D eigenvalue weighted by Gasteiger charge is 2.50. The van der Waals surface area contributed by atoms with Gasteiger partial charge in [-0.05, 0) is 35.9 Å². The van der Waals surface area contributed by atoms with Gasteiger partial charge in [-0.15, -0.1) is 11.3 Å². The van der Waals surface area contributed by atoms with Gasteiger partial charge in [0.2, 0.25) is 0 Å². The molecule has 2 heterocycles. The van der Waals surface area contributed by atoms with E-state index in [0.717, 1.165) is 16.9 Å². The van der Waals surface area contributed by atoms with E-state index >= 15 is 0 Å². The van der Waals surface area contributed by atoms with Crippen molar-refractivity contribution in [2.45, 2.75) is 18.6 Å². The summed E-state index contributed by atoms with van der Waals surface area (Å²) in [5.41, 5.74) is -0.166. The molecule has 0 fully saturated rings. The third-order valence-electron chi connectivity index (χ3n) is 5.29. The van der Waals surface area contributed by atoms with E-state index < -0.39 is 11.5 Å². The molecule has 1 N–H and O–H groups in total. The van der Waals surface area contributed by atoms with Crippen molar-refractivity contribution in [2.75, 3.05) is 19.1 Å². The Kier molecular flexibility index (Phi) is 5.75. The number of ether oxygens (including phenoxy) is 2. The molecule has 1 amide bonds. The topological polar surface area (TPSA) is 76.1 Å². The van der Waals surface area contributed by atoms with Gasteiger partial charge in [0.1, 0.15) is 0 Å². The lowest BCUT2D eigenvalue weighted by Crippen LogP contribution is -2.41. The molecule has 4 rings (SSSR count). The number of benzene rings is 2. The fourth-order valence-electron chi connectivity index (χ4n) is 3.78. The minimum atomic E-state index is -1.94. The molecule has 1 aliphatic heterocycles. The van der Waals surface area contributed by atoms with Gasteiger partial charge in [0.15, 0.2) is 22.9 Å². The zero-order valence-corrected chi connectivity index (χ0v) is 18.5. The molecule has 3 aromatic rings. The van der Waals surface area contributed by atoms with E-state index in [-0.39, 0.29) is 18.7 Å². The summed E-state index contributed by atoms with van der Waals surface area (Å²) in [4.78, 5) is 28.1. The quantitative estimate of drug-likeness (QED) is 0.531. The number of para-hydroxylation sites is 1. The second-order valence-electron chi connectivity index (χ2n) is 7.16. The van der Waals surface area contributed by atoms with Crippen LogP contribution in [0.4, 0.5) is 5.69 Å². The van der Waals surface area contributed by atoms with Gasteiger partial charge in [-0.25, -0.2) is 0 Å². The van der Waals surface area contributed by atoms with E-state index in [9.17, 15) is 14.7 Å². The maximum absolute atomic E-state index is 13.4. The van der Waals surface area contributed by atoms with Crippen molar-refractivity contribution in [1.29, 1.82) is 0 Å². The van der Waals surface area contributed by atoms with E-state index in [1.165, 1.54) is 4.90 Å². The molecule has 0 radical (unpaired) electrons. The van der Waals surface area contributed by atoms with Crippen LogP contribution in [-0.4, -0.2) is 31.0 Å². The average molecular weight is 458 g/mol. The average Bonchev–Trinajstić information content (AvgIpc) is 3.30. The van der Waals surface area contributed by atoms with Gasteiger partial charge < -0.3 is 19.5 Å². The van der Waals surface area contributed by atoms with E-state index in [1.807, 2.05) is 6.07 Å². The standard InChI is InChI=1S/C23H20ClNO5S/c1-29-18-8-7-14(11-19(18)30-2)13-25-16-6-4-3-5-15(16)23(28,22(25)27)12-17(26)20-9-10-21(24)31-20/h3-11,28H,12-13H2,1-2H3. The van der Waals surface area contributed by atoms with Crippen LogP contribution < -0.4 is 14.4 Å². The highest BCUT2D eigenvalue weighted by atomic mass is 35.5. The Morgan fingerprint density at radius 1 is 1.10 bits per heavy atom.